The molecule has 2 N–H and O–H groups in total. The van der Waals surface area contributed by atoms with E-state index in [4.69, 9.17) is 10.5 Å². The molecule has 1 fully saturated rings. The molecule has 0 aliphatic heterocycles. The molecule has 0 aromatic heterocycles. The van der Waals surface area contributed by atoms with Crippen LogP contribution in [0.1, 0.15) is 31.2 Å². The van der Waals surface area contributed by atoms with Gasteiger partial charge in [-0.2, -0.15) is 0 Å². The quantitative estimate of drug-likeness (QED) is 0.716. The summed E-state index contributed by atoms with van der Waals surface area (Å²) in [6.45, 7) is 1.68. The number of aryl methyl sites for hydroxylation is 1. The fraction of sp³-hybridized carbons (Fsp3) is 0.571. The Bertz CT molecular complexity index is 320. The van der Waals surface area contributed by atoms with Crippen molar-refractivity contribution in [3.8, 4) is 5.75 Å². The van der Waals surface area contributed by atoms with E-state index in [1.807, 2.05) is 0 Å². The van der Waals surface area contributed by atoms with Crippen molar-refractivity contribution >= 4 is 0 Å². The van der Waals surface area contributed by atoms with E-state index < -0.39 is 0 Å². The third kappa shape index (κ3) is 3.53. The van der Waals surface area contributed by atoms with Crippen LogP contribution in [-0.2, 0) is 6.42 Å². The number of nitrogens with two attached hydrogens (primary N) is 1. The molecule has 0 atom stereocenters. The molecule has 88 valence electrons. The maximum Gasteiger partial charge on any atom is 0.122 e. The van der Waals surface area contributed by atoms with Gasteiger partial charge in [0.2, 0.25) is 0 Å². The number of benzene rings is 1. The second kappa shape index (κ2) is 5.90. The summed E-state index contributed by atoms with van der Waals surface area (Å²) in [5.74, 6) is 1.89. The van der Waals surface area contributed by atoms with E-state index in [9.17, 15) is 0 Å². The summed E-state index contributed by atoms with van der Waals surface area (Å²) in [6, 6.07) is 8.38. The number of rotatable bonds is 7. The summed E-state index contributed by atoms with van der Waals surface area (Å²) in [4.78, 5) is 0. The molecule has 16 heavy (non-hydrogen) atoms. The topological polar surface area (TPSA) is 35.2 Å². The Hall–Kier alpha value is -1.02. The largest absolute Gasteiger partial charge is 0.493 e. The van der Waals surface area contributed by atoms with Crippen molar-refractivity contribution in [1.29, 1.82) is 0 Å². The van der Waals surface area contributed by atoms with Gasteiger partial charge in [-0.3, -0.25) is 0 Å². The van der Waals surface area contributed by atoms with Gasteiger partial charge in [-0.05, 0) is 56.2 Å². The molecule has 1 aliphatic carbocycles. The Balaban J connectivity index is 1.87. The number of ether oxygens (including phenoxy) is 1. The summed E-state index contributed by atoms with van der Waals surface area (Å²) in [7, 11) is 0. The predicted octanol–water partition coefficient (Wildman–Crippen LogP) is 2.76. The van der Waals surface area contributed by atoms with Crippen molar-refractivity contribution in [2.75, 3.05) is 13.2 Å². The van der Waals surface area contributed by atoms with Gasteiger partial charge in [-0.1, -0.05) is 18.2 Å². The molecule has 0 heterocycles. The first-order chi connectivity index (χ1) is 7.90. The van der Waals surface area contributed by atoms with Gasteiger partial charge in [0.1, 0.15) is 5.75 Å². The lowest BCUT2D eigenvalue weighted by molar-refractivity contribution is 0.296. The highest BCUT2D eigenvalue weighted by Crippen LogP contribution is 2.30. The van der Waals surface area contributed by atoms with E-state index >= 15 is 0 Å². The van der Waals surface area contributed by atoms with Gasteiger partial charge in [0.05, 0.1) is 6.61 Å². The van der Waals surface area contributed by atoms with Crippen LogP contribution in [-0.4, -0.2) is 13.2 Å². The monoisotopic (exact) mass is 219 g/mol. The minimum absolute atomic E-state index is 0.783. The van der Waals surface area contributed by atoms with Crippen LogP contribution in [0, 0.1) is 5.92 Å². The molecule has 2 heteroatoms. The van der Waals surface area contributed by atoms with E-state index in [2.05, 4.69) is 24.3 Å². The van der Waals surface area contributed by atoms with Gasteiger partial charge < -0.3 is 10.5 Å². The van der Waals surface area contributed by atoms with Crippen LogP contribution in [0.5, 0.6) is 5.75 Å². The van der Waals surface area contributed by atoms with Gasteiger partial charge in [0.25, 0.3) is 0 Å². The Morgan fingerprint density at radius 3 is 2.75 bits per heavy atom. The maximum absolute atomic E-state index is 5.86. The van der Waals surface area contributed by atoms with Crippen LogP contribution >= 0.6 is 0 Å². The summed E-state index contributed by atoms with van der Waals surface area (Å²) in [5.41, 5.74) is 6.84. The van der Waals surface area contributed by atoms with Crippen LogP contribution in [0.2, 0.25) is 0 Å². The van der Waals surface area contributed by atoms with Crippen molar-refractivity contribution in [3.63, 3.8) is 0 Å². The molecule has 2 rings (SSSR count). The molecule has 2 nitrogen and oxygen atoms in total. The third-order valence-electron chi connectivity index (χ3n) is 3.04. The van der Waals surface area contributed by atoms with Gasteiger partial charge in [0.15, 0.2) is 0 Å². The first kappa shape index (κ1) is 11.5. The number of hydrogen-bond acceptors (Lipinski definition) is 2. The average Bonchev–Trinajstić information content (AvgIpc) is 3.12. The molecule has 0 radical (unpaired) electrons. The first-order valence-electron chi connectivity index (χ1n) is 6.31. The van der Waals surface area contributed by atoms with Crippen molar-refractivity contribution in [1.82, 2.24) is 0 Å². The first-order valence-corrected chi connectivity index (χ1v) is 6.31. The Morgan fingerprint density at radius 1 is 1.19 bits per heavy atom. The van der Waals surface area contributed by atoms with Gasteiger partial charge in [-0.25, -0.2) is 0 Å². The molecule has 0 spiro atoms. The van der Waals surface area contributed by atoms with E-state index in [1.54, 1.807) is 0 Å². The molecule has 0 unspecified atom stereocenters. The van der Waals surface area contributed by atoms with E-state index in [0.717, 1.165) is 44.1 Å². The second-order valence-electron chi connectivity index (χ2n) is 4.61. The Morgan fingerprint density at radius 2 is 2.00 bits per heavy atom. The lowest BCUT2D eigenvalue weighted by atomic mass is 10.1. The minimum atomic E-state index is 0.783. The lowest BCUT2D eigenvalue weighted by Crippen LogP contribution is -2.03. The standard InChI is InChI=1S/C14H21NO/c15-10-4-3-6-13-5-1-2-7-14(13)16-11-12-8-9-12/h1-2,5,7,12H,3-4,6,8-11,15H2. The minimum Gasteiger partial charge on any atom is -0.493 e. The highest BCUT2D eigenvalue weighted by atomic mass is 16.5. The van der Waals surface area contributed by atoms with E-state index in [1.165, 1.54) is 18.4 Å². The molecule has 0 saturated heterocycles. The number of hydrogen-bond donors (Lipinski definition) is 1. The maximum atomic E-state index is 5.86. The molecular formula is C14H21NO. The van der Waals surface area contributed by atoms with Crippen molar-refractivity contribution < 1.29 is 4.74 Å². The van der Waals surface area contributed by atoms with Gasteiger partial charge >= 0.3 is 0 Å². The second-order valence-corrected chi connectivity index (χ2v) is 4.61. The Kier molecular flexibility index (Phi) is 4.23. The van der Waals surface area contributed by atoms with Gasteiger partial charge in [0, 0.05) is 0 Å². The Labute approximate surface area is 97.8 Å². The number of unbranched alkanes of at least 4 members (excludes halogenated alkanes) is 1. The van der Waals surface area contributed by atoms with E-state index in [-0.39, 0.29) is 0 Å². The summed E-state index contributed by atoms with van der Waals surface area (Å²) in [5, 5.41) is 0. The van der Waals surface area contributed by atoms with Crippen LogP contribution < -0.4 is 10.5 Å². The number of para-hydroxylation sites is 1. The molecular weight excluding hydrogens is 198 g/mol. The normalized spacial score (nSPS) is 15.1. The van der Waals surface area contributed by atoms with Crippen molar-refractivity contribution in [2.24, 2.45) is 11.7 Å². The fourth-order valence-electron chi connectivity index (χ4n) is 1.80. The third-order valence-corrected chi connectivity index (χ3v) is 3.04. The van der Waals surface area contributed by atoms with Crippen LogP contribution in [0.15, 0.2) is 24.3 Å². The summed E-state index contributed by atoms with van der Waals surface area (Å²) >= 11 is 0. The zero-order valence-electron chi connectivity index (χ0n) is 9.82. The summed E-state index contributed by atoms with van der Waals surface area (Å²) in [6.07, 6.45) is 6.01. The average molecular weight is 219 g/mol. The fourth-order valence-corrected chi connectivity index (χ4v) is 1.80. The highest BCUT2D eigenvalue weighted by Gasteiger charge is 2.22. The SMILES string of the molecule is NCCCCc1ccccc1OCC1CC1. The smallest absolute Gasteiger partial charge is 0.122 e. The summed E-state index contributed by atoms with van der Waals surface area (Å²) < 4.78 is 5.86. The van der Waals surface area contributed by atoms with Crippen LogP contribution in [0.25, 0.3) is 0 Å². The molecule has 1 aromatic rings. The highest BCUT2D eigenvalue weighted by molar-refractivity contribution is 5.33. The zero-order valence-corrected chi connectivity index (χ0v) is 9.82. The molecule has 0 bridgehead atoms. The van der Waals surface area contributed by atoms with Gasteiger partial charge in [-0.15, -0.1) is 0 Å². The molecule has 1 aromatic carbocycles. The predicted molar refractivity (Wildman–Crippen MR) is 66.7 cm³/mol. The molecule has 1 saturated carbocycles. The van der Waals surface area contributed by atoms with Crippen molar-refractivity contribution in [3.05, 3.63) is 29.8 Å². The molecule has 1 aliphatic rings. The lowest BCUT2D eigenvalue weighted by Gasteiger charge is -2.10. The van der Waals surface area contributed by atoms with Crippen molar-refractivity contribution in [2.45, 2.75) is 32.1 Å². The molecule has 0 amide bonds. The zero-order chi connectivity index (χ0) is 11.2. The van der Waals surface area contributed by atoms with E-state index in [0.29, 0.717) is 0 Å². The van der Waals surface area contributed by atoms with Crippen LogP contribution in [0.3, 0.4) is 0 Å². The van der Waals surface area contributed by atoms with Crippen LogP contribution in [0.4, 0.5) is 0 Å².